The number of benzene rings is 1. The highest BCUT2D eigenvalue weighted by molar-refractivity contribution is 5.98. The molecule has 0 bridgehead atoms. The van der Waals surface area contributed by atoms with Crippen molar-refractivity contribution in [1.82, 2.24) is 4.98 Å². The van der Waals surface area contributed by atoms with Crippen molar-refractivity contribution in [1.29, 1.82) is 0 Å². The zero-order chi connectivity index (χ0) is 13.3. The number of hydrogen-bond acceptors (Lipinski definition) is 3. The molecule has 1 aromatic carbocycles. The number of nitrogens with two attached hydrogens (primary N) is 1. The van der Waals surface area contributed by atoms with Crippen LogP contribution in [-0.2, 0) is 0 Å². The van der Waals surface area contributed by atoms with Crippen molar-refractivity contribution < 1.29 is 0 Å². The van der Waals surface area contributed by atoms with E-state index in [0.717, 1.165) is 22.3 Å². The van der Waals surface area contributed by atoms with Gasteiger partial charge in [0.15, 0.2) is 0 Å². The number of aromatic nitrogens is 1. The summed E-state index contributed by atoms with van der Waals surface area (Å²) in [5, 5.41) is 1.03. The number of anilines is 2. The third kappa shape index (κ3) is 2.13. The van der Waals surface area contributed by atoms with E-state index in [0.29, 0.717) is 12.0 Å². The first-order valence-electron chi connectivity index (χ1n) is 6.38. The van der Waals surface area contributed by atoms with E-state index >= 15 is 0 Å². The minimum atomic E-state index is 0.457. The van der Waals surface area contributed by atoms with Gasteiger partial charge in [-0.2, -0.15) is 0 Å². The highest BCUT2D eigenvalue weighted by Gasteiger charge is 2.16. The van der Waals surface area contributed by atoms with Gasteiger partial charge in [-0.25, -0.2) is 0 Å². The first kappa shape index (κ1) is 12.7. The van der Waals surface area contributed by atoms with Crippen molar-refractivity contribution in [2.45, 2.75) is 26.8 Å². The van der Waals surface area contributed by atoms with E-state index in [2.05, 4.69) is 43.8 Å². The second kappa shape index (κ2) is 4.84. The molecule has 18 heavy (non-hydrogen) atoms. The summed E-state index contributed by atoms with van der Waals surface area (Å²) in [6.45, 7) is 6.69. The molecule has 1 atom stereocenters. The molecule has 1 aromatic heterocycles. The van der Waals surface area contributed by atoms with Gasteiger partial charge in [0.05, 0.1) is 11.2 Å². The number of hydrogen-bond donors (Lipinski definition) is 1. The fourth-order valence-corrected chi connectivity index (χ4v) is 2.13. The Morgan fingerprint density at radius 2 is 1.89 bits per heavy atom. The van der Waals surface area contributed by atoms with Gasteiger partial charge in [0.1, 0.15) is 0 Å². The first-order valence-corrected chi connectivity index (χ1v) is 6.38. The van der Waals surface area contributed by atoms with Crippen LogP contribution in [0.4, 0.5) is 11.4 Å². The lowest BCUT2D eigenvalue weighted by Gasteiger charge is -2.30. The smallest absolute Gasteiger partial charge is 0.0955 e. The van der Waals surface area contributed by atoms with E-state index in [1.54, 1.807) is 0 Å². The van der Waals surface area contributed by atoms with Crippen molar-refractivity contribution in [2.75, 3.05) is 17.7 Å². The standard InChI is InChI=1S/C15H21N3/c1-10(2)11(3)18(4)14-8-7-13(16)12-6-5-9-17-15(12)14/h5-11H,16H2,1-4H3. The lowest BCUT2D eigenvalue weighted by Crippen LogP contribution is -2.33. The van der Waals surface area contributed by atoms with Crippen LogP contribution in [0.15, 0.2) is 30.5 Å². The van der Waals surface area contributed by atoms with Crippen LogP contribution in [0.5, 0.6) is 0 Å². The minimum absolute atomic E-state index is 0.457. The van der Waals surface area contributed by atoms with Crippen LogP contribution in [0, 0.1) is 5.92 Å². The maximum absolute atomic E-state index is 6.00. The number of nitrogens with zero attached hydrogens (tertiary/aromatic N) is 2. The van der Waals surface area contributed by atoms with E-state index < -0.39 is 0 Å². The van der Waals surface area contributed by atoms with Gasteiger partial charge in [-0.15, -0.1) is 0 Å². The molecule has 3 heteroatoms. The Balaban J connectivity index is 2.55. The first-order chi connectivity index (χ1) is 8.52. The number of pyridine rings is 1. The summed E-state index contributed by atoms with van der Waals surface area (Å²) < 4.78 is 0. The highest BCUT2D eigenvalue weighted by atomic mass is 15.1. The van der Waals surface area contributed by atoms with Crippen LogP contribution in [-0.4, -0.2) is 18.1 Å². The summed E-state index contributed by atoms with van der Waals surface area (Å²) in [4.78, 5) is 6.76. The second-order valence-corrected chi connectivity index (χ2v) is 5.17. The van der Waals surface area contributed by atoms with Gasteiger partial charge in [0, 0.05) is 30.4 Å². The molecule has 3 nitrogen and oxygen atoms in total. The Hall–Kier alpha value is -1.77. The molecular weight excluding hydrogens is 222 g/mol. The van der Waals surface area contributed by atoms with E-state index in [1.165, 1.54) is 0 Å². The highest BCUT2D eigenvalue weighted by Crippen LogP contribution is 2.30. The maximum atomic E-state index is 6.00. The molecule has 0 aliphatic rings. The maximum Gasteiger partial charge on any atom is 0.0955 e. The van der Waals surface area contributed by atoms with E-state index in [1.807, 2.05) is 24.4 Å². The molecule has 2 N–H and O–H groups in total. The Kier molecular flexibility index (Phi) is 3.41. The molecular formula is C15H21N3. The molecule has 1 unspecified atom stereocenters. The average Bonchev–Trinajstić information content (AvgIpc) is 2.38. The molecule has 0 aliphatic heterocycles. The van der Waals surface area contributed by atoms with Crippen LogP contribution < -0.4 is 10.6 Å². The zero-order valence-electron chi connectivity index (χ0n) is 11.5. The number of fused-ring (bicyclic) bond motifs is 1. The Morgan fingerprint density at radius 1 is 1.17 bits per heavy atom. The third-order valence-corrected chi connectivity index (χ3v) is 3.74. The van der Waals surface area contributed by atoms with Gasteiger partial charge < -0.3 is 10.6 Å². The Bertz CT molecular complexity index is 548. The lowest BCUT2D eigenvalue weighted by atomic mass is 10.0. The number of rotatable bonds is 3. The second-order valence-electron chi connectivity index (χ2n) is 5.17. The van der Waals surface area contributed by atoms with Crippen LogP contribution in [0.25, 0.3) is 10.9 Å². The van der Waals surface area contributed by atoms with Gasteiger partial charge in [-0.3, -0.25) is 4.98 Å². The summed E-state index contributed by atoms with van der Waals surface area (Å²) in [5.74, 6) is 0.589. The average molecular weight is 243 g/mol. The summed E-state index contributed by atoms with van der Waals surface area (Å²) in [7, 11) is 2.12. The molecule has 0 radical (unpaired) electrons. The monoisotopic (exact) mass is 243 g/mol. The van der Waals surface area contributed by atoms with Crippen LogP contribution in [0.3, 0.4) is 0 Å². The SMILES string of the molecule is CC(C)C(C)N(C)c1ccc(N)c2cccnc12. The molecule has 0 spiro atoms. The predicted molar refractivity (Wildman–Crippen MR) is 78.9 cm³/mol. The zero-order valence-corrected chi connectivity index (χ0v) is 11.5. The topological polar surface area (TPSA) is 42.1 Å². The van der Waals surface area contributed by atoms with E-state index in [-0.39, 0.29) is 0 Å². The summed E-state index contributed by atoms with van der Waals surface area (Å²) in [5.41, 5.74) is 8.91. The Morgan fingerprint density at radius 3 is 2.56 bits per heavy atom. The molecule has 0 saturated carbocycles. The fourth-order valence-electron chi connectivity index (χ4n) is 2.13. The van der Waals surface area contributed by atoms with Crippen molar-refractivity contribution in [3.63, 3.8) is 0 Å². The van der Waals surface area contributed by atoms with Crippen molar-refractivity contribution in [2.24, 2.45) is 5.92 Å². The van der Waals surface area contributed by atoms with Gasteiger partial charge in [-0.1, -0.05) is 13.8 Å². The van der Waals surface area contributed by atoms with Gasteiger partial charge >= 0.3 is 0 Å². The van der Waals surface area contributed by atoms with Crippen molar-refractivity contribution in [3.8, 4) is 0 Å². The summed E-state index contributed by atoms with van der Waals surface area (Å²) in [6.07, 6.45) is 1.82. The van der Waals surface area contributed by atoms with Gasteiger partial charge in [-0.05, 0) is 37.1 Å². The quantitative estimate of drug-likeness (QED) is 0.841. The number of nitrogen functional groups attached to an aromatic ring is 1. The van der Waals surface area contributed by atoms with Crippen molar-refractivity contribution >= 4 is 22.3 Å². The van der Waals surface area contributed by atoms with Crippen LogP contribution >= 0.6 is 0 Å². The van der Waals surface area contributed by atoms with Crippen molar-refractivity contribution in [3.05, 3.63) is 30.5 Å². The van der Waals surface area contributed by atoms with Crippen LogP contribution in [0.1, 0.15) is 20.8 Å². The largest absolute Gasteiger partial charge is 0.398 e. The molecule has 0 fully saturated rings. The summed E-state index contributed by atoms with van der Waals surface area (Å²) in [6, 6.07) is 8.43. The normalized spacial score (nSPS) is 12.9. The van der Waals surface area contributed by atoms with Gasteiger partial charge in [0.25, 0.3) is 0 Å². The predicted octanol–water partition coefficient (Wildman–Crippen LogP) is 3.30. The molecule has 0 saturated heterocycles. The molecule has 0 amide bonds. The summed E-state index contributed by atoms with van der Waals surface area (Å²) >= 11 is 0. The Labute approximate surface area is 109 Å². The minimum Gasteiger partial charge on any atom is -0.398 e. The molecule has 0 aliphatic carbocycles. The molecule has 1 heterocycles. The third-order valence-electron chi connectivity index (χ3n) is 3.74. The molecule has 2 rings (SSSR count). The lowest BCUT2D eigenvalue weighted by molar-refractivity contribution is 0.506. The van der Waals surface area contributed by atoms with E-state index in [9.17, 15) is 0 Å². The molecule has 96 valence electrons. The molecule has 2 aromatic rings. The van der Waals surface area contributed by atoms with Gasteiger partial charge in [0.2, 0.25) is 0 Å². The van der Waals surface area contributed by atoms with E-state index in [4.69, 9.17) is 5.73 Å². The fraction of sp³-hybridized carbons (Fsp3) is 0.400. The van der Waals surface area contributed by atoms with Crippen LogP contribution in [0.2, 0.25) is 0 Å².